The lowest BCUT2D eigenvalue weighted by Crippen LogP contribution is -2.37. The maximum atomic E-state index is 13.6. The topological polar surface area (TPSA) is 18.5 Å². The van der Waals surface area contributed by atoms with E-state index in [0.717, 1.165) is 44.5 Å². The first kappa shape index (κ1) is 16.9. The quantitative estimate of drug-likeness (QED) is 0.694. The van der Waals surface area contributed by atoms with Gasteiger partial charge in [-0.05, 0) is 56.2 Å². The highest BCUT2D eigenvalue weighted by molar-refractivity contribution is 6.30. The Kier molecular flexibility index (Phi) is 5.73. The van der Waals surface area contributed by atoms with Gasteiger partial charge in [0.2, 0.25) is 0 Å². The first-order valence-corrected chi connectivity index (χ1v) is 8.86. The van der Waals surface area contributed by atoms with Crippen LogP contribution in [0, 0.1) is 17.7 Å². The minimum atomic E-state index is -0.319. The molecule has 2 aliphatic rings. The normalized spacial score (nSPS) is 32.3. The SMILES string of the molecule is C/C=C/[C@H]1CO[C@H](C2CCC(c3ccc(Cl)c(F)c3)CC2)OC1. The minimum absolute atomic E-state index is 0.0700. The summed E-state index contributed by atoms with van der Waals surface area (Å²) in [5, 5.41) is 0.196. The van der Waals surface area contributed by atoms with Crippen LogP contribution in [0.1, 0.15) is 44.1 Å². The van der Waals surface area contributed by atoms with Gasteiger partial charge in [0.25, 0.3) is 0 Å². The number of hydrogen-bond donors (Lipinski definition) is 0. The molecule has 1 saturated heterocycles. The zero-order valence-corrected chi connectivity index (χ0v) is 14.3. The van der Waals surface area contributed by atoms with E-state index in [4.69, 9.17) is 21.1 Å². The van der Waals surface area contributed by atoms with Crippen LogP contribution in [0.2, 0.25) is 5.02 Å². The fourth-order valence-electron chi connectivity index (χ4n) is 3.68. The molecule has 0 unspecified atom stereocenters. The van der Waals surface area contributed by atoms with E-state index in [1.54, 1.807) is 12.1 Å². The van der Waals surface area contributed by atoms with Crippen molar-refractivity contribution < 1.29 is 13.9 Å². The molecular formula is C19H24ClFO2. The van der Waals surface area contributed by atoms with E-state index in [9.17, 15) is 4.39 Å². The molecular weight excluding hydrogens is 315 g/mol. The lowest BCUT2D eigenvalue weighted by atomic mass is 9.78. The molecule has 0 aromatic heterocycles. The Morgan fingerprint density at radius 1 is 1.13 bits per heavy atom. The van der Waals surface area contributed by atoms with Gasteiger partial charge in [0.1, 0.15) is 5.82 Å². The molecule has 0 atom stereocenters. The molecule has 0 radical (unpaired) electrons. The van der Waals surface area contributed by atoms with Gasteiger partial charge in [-0.1, -0.05) is 29.8 Å². The molecule has 0 spiro atoms. The second kappa shape index (κ2) is 7.78. The third kappa shape index (κ3) is 4.14. The van der Waals surface area contributed by atoms with Crippen LogP contribution in [-0.2, 0) is 9.47 Å². The molecule has 1 aliphatic heterocycles. The van der Waals surface area contributed by atoms with Crippen molar-refractivity contribution >= 4 is 11.6 Å². The second-order valence-corrected chi connectivity index (χ2v) is 7.01. The number of ether oxygens (including phenoxy) is 2. The average Bonchev–Trinajstić information content (AvgIpc) is 2.59. The van der Waals surface area contributed by atoms with Crippen molar-refractivity contribution in [2.75, 3.05) is 13.2 Å². The highest BCUT2D eigenvalue weighted by atomic mass is 35.5. The maximum absolute atomic E-state index is 13.6. The summed E-state index contributed by atoms with van der Waals surface area (Å²) in [4.78, 5) is 0. The summed E-state index contributed by atoms with van der Waals surface area (Å²) in [6.45, 7) is 3.52. The van der Waals surface area contributed by atoms with E-state index >= 15 is 0 Å². The fraction of sp³-hybridized carbons (Fsp3) is 0.579. The average molecular weight is 339 g/mol. The van der Waals surface area contributed by atoms with Crippen molar-refractivity contribution in [1.29, 1.82) is 0 Å². The molecule has 4 heteroatoms. The Labute approximate surface area is 142 Å². The van der Waals surface area contributed by atoms with E-state index in [2.05, 4.69) is 6.08 Å². The standard InChI is InChI=1S/C19H24ClFO2/c1-2-3-13-11-22-19(23-12-13)15-6-4-14(5-7-15)16-8-9-17(20)18(21)10-16/h2-3,8-10,13-15,19H,4-7,11-12H2,1H3/b3-2+/t13-,14?,15?,19-. The molecule has 23 heavy (non-hydrogen) atoms. The van der Waals surface area contributed by atoms with Crippen LogP contribution in [0.3, 0.4) is 0 Å². The van der Waals surface area contributed by atoms with Crippen LogP contribution >= 0.6 is 11.6 Å². The zero-order chi connectivity index (χ0) is 16.2. The Hall–Kier alpha value is -0.900. The van der Waals surface area contributed by atoms with Crippen LogP contribution < -0.4 is 0 Å². The lowest BCUT2D eigenvalue weighted by Gasteiger charge is -2.37. The van der Waals surface area contributed by atoms with Crippen molar-refractivity contribution in [2.24, 2.45) is 11.8 Å². The minimum Gasteiger partial charge on any atom is -0.352 e. The van der Waals surface area contributed by atoms with Gasteiger partial charge in [-0.25, -0.2) is 4.39 Å². The summed E-state index contributed by atoms with van der Waals surface area (Å²) >= 11 is 5.77. The maximum Gasteiger partial charge on any atom is 0.160 e. The molecule has 1 aromatic rings. The van der Waals surface area contributed by atoms with Crippen LogP contribution in [0.4, 0.5) is 4.39 Å². The van der Waals surface area contributed by atoms with Gasteiger partial charge in [-0.2, -0.15) is 0 Å². The van der Waals surface area contributed by atoms with Gasteiger partial charge >= 0.3 is 0 Å². The van der Waals surface area contributed by atoms with Gasteiger partial charge in [0, 0.05) is 11.8 Å². The number of halogens is 2. The third-order valence-corrected chi connectivity index (χ3v) is 5.29. The summed E-state index contributed by atoms with van der Waals surface area (Å²) in [5.74, 6) is 0.928. The van der Waals surface area contributed by atoms with Crippen LogP contribution in [0.15, 0.2) is 30.4 Å². The largest absolute Gasteiger partial charge is 0.352 e. The van der Waals surface area contributed by atoms with Crippen molar-refractivity contribution in [3.63, 3.8) is 0 Å². The molecule has 1 aliphatic carbocycles. The van der Waals surface area contributed by atoms with Gasteiger partial charge in [-0.15, -0.1) is 0 Å². The summed E-state index contributed by atoms with van der Waals surface area (Å²) in [6, 6.07) is 5.20. The Bertz CT molecular complexity index is 544. The predicted octanol–water partition coefficient (Wildman–Crippen LogP) is 5.32. The monoisotopic (exact) mass is 338 g/mol. The number of hydrogen-bond acceptors (Lipinski definition) is 2. The van der Waals surface area contributed by atoms with Crippen molar-refractivity contribution in [2.45, 2.75) is 44.8 Å². The number of rotatable bonds is 3. The Balaban J connectivity index is 1.51. The van der Waals surface area contributed by atoms with Crippen LogP contribution in [0.25, 0.3) is 0 Å². The van der Waals surface area contributed by atoms with E-state index in [-0.39, 0.29) is 17.1 Å². The predicted molar refractivity (Wildman–Crippen MR) is 90.1 cm³/mol. The zero-order valence-electron chi connectivity index (χ0n) is 13.5. The summed E-state index contributed by atoms with van der Waals surface area (Å²) in [7, 11) is 0. The van der Waals surface area contributed by atoms with E-state index in [0.29, 0.717) is 17.8 Å². The molecule has 1 aromatic carbocycles. The van der Waals surface area contributed by atoms with Crippen LogP contribution in [-0.4, -0.2) is 19.5 Å². The molecule has 0 N–H and O–H groups in total. The van der Waals surface area contributed by atoms with Crippen molar-refractivity contribution in [3.05, 3.63) is 46.8 Å². The Morgan fingerprint density at radius 2 is 1.83 bits per heavy atom. The molecule has 2 fully saturated rings. The van der Waals surface area contributed by atoms with Gasteiger partial charge < -0.3 is 9.47 Å². The smallest absolute Gasteiger partial charge is 0.160 e. The highest BCUT2D eigenvalue weighted by Crippen LogP contribution is 2.39. The second-order valence-electron chi connectivity index (χ2n) is 6.61. The summed E-state index contributed by atoms with van der Waals surface area (Å²) in [6.07, 6.45) is 8.35. The van der Waals surface area contributed by atoms with Crippen molar-refractivity contribution in [3.8, 4) is 0 Å². The first-order valence-electron chi connectivity index (χ1n) is 8.48. The first-order chi connectivity index (χ1) is 11.2. The lowest BCUT2D eigenvalue weighted by molar-refractivity contribution is -0.222. The van der Waals surface area contributed by atoms with E-state index in [1.165, 1.54) is 0 Å². The summed E-state index contributed by atoms with van der Waals surface area (Å²) < 4.78 is 25.4. The molecule has 126 valence electrons. The van der Waals surface area contributed by atoms with Gasteiger partial charge in [0.15, 0.2) is 6.29 Å². The van der Waals surface area contributed by atoms with Crippen LogP contribution in [0.5, 0.6) is 0 Å². The summed E-state index contributed by atoms with van der Waals surface area (Å²) in [5.41, 5.74) is 1.06. The van der Waals surface area contributed by atoms with E-state index in [1.807, 2.05) is 19.1 Å². The van der Waals surface area contributed by atoms with Gasteiger partial charge in [0.05, 0.1) is 18.2 Å². The molecule has 3 rings (SSSR count). The van der Waals surface area contributed by atoms with Gasteiger partial charge in [-0.3, -0.25) is 0 Å². The number of allylic oxidation sites excluding steroid dienone is 1. The molecule has 1 saturated carbocycles. The molecule has 2 nitrogen and oxygen atoms in total. The fourth-order valence-corrected chi connectivity index (χ4v) is 3.80. The third-order valence-electron chi connectivity index (χ3n) is 4.99. The highest BCUT2D eigenvalue weighted by Gasteiger charge is 2.32. The van der Waals surface area contributed by atoms with Crippen molar-refractivity contribution in [1.82, 2.24) is 0 Å². The Morgan fingerprint density at radius 3 is 2.43 bits per heavy atom. The molecule has 0 bridgehead atoms. The molecule has 0 amide bonds. The number of benzene rings is 1. The molecule has 1 heterocycles. The van der Waals surface area contributed by atoms with E-state index < -0.39 is 0 Å².